The summed E-state index contributed by atoms with van der Waals surface area (Å²) >= 11 is 0. The van der Waals surface area contributed by atoms with E-state index in [0.29, 0.717) is 0 Å². The van der Waals surface area contributed by atoms with Gasteiger partial charge in [0, 0.05) is 18.8 Å². The third-order valence-corrected chi connectivity index (χ3v) is 4.06. The number of hydrogen-bond donors (Lipinski definition) is 0. The minimum Gasteiger partial charge on any atom is -0.748 e. The molecule has 1 unspecified atom stereocenters. The molecule has 1 heterocycles. The molecule has 1 aliphatic heterocycles. The topological polar surface area (TPSA) is 142 Å². The Morgan fingerprint density at radius 3 is 2.26 bits per heavy atom. The quantitative estimate of drug-likeness (QED) is 0.433. The average molecular weight is 318 g/mol. The molecule has 0 spiro atoms. The van der Waals surface area contributed by atoms with E-state index < -0.39 is 50.5 Å². The fraction of sp³-hybridized carbons (Fsp3) is 1.00. The Labute approximate surface area is 111 Å². The van der Waals surface area contributed by atoms with Crippen molar-refractivity contribution in [2.75, 3.05) is 19.5 Å². The van der Waals surface area contributed by atoms with Gasteiger partial charge in [-0.05, 0) is 6.92 Å². The van der Waals surface area contributed by atoms with Crippen molar-refractivity contribution in [2.24, 2.45) is 5.92 Å². The molecule has 1 rings (SSSR count). The maximum Gasteiger partial charge on any atom is 0.218 e. The van der Waals surface area contributed by atoms with Crippen LogP contribution in [-0.4, -0.2) is 63.7 Å². The highest BCUT2D eigenvalue weighted by molar-refractivity contribution is 7.85. The van der Waals surface area contributed by atoms with Gasteiger partial charge in [-0.25, -0.2) is 16.8 Å². The first-order valence-corrected chi connectivity index (χ1v) is 8.16. The number of rotatable bonds is 5. The molecule has 1 aliphatic rings. The fourth-order valence-electron chi connectivity index (χ4n) is 1.99. The lowest BCUT2D eigenvalue weighted by Crippen LogP contribution is -2.53. The van der Waals surface area contributed by atoms with Crippen LogP contribution in [0.3, 0.4) is 0 Å². The van der Waals surface area contributed by atoms with E-state index in [0.717, 1.165) is 0 Å². The molecule has 0 aromatic rings. The fourth-order valence-corrected chi connectivity index (χ4v) is 3.44. The Morgan fingerprint density at radius 2 is 1.84 bits per heavy atom. The molecule has 1 saturated heterocycles. The first kappa shape index (κ1) is 16.8. The summed E-state index contributed by atoms with van der Waals surface area (Å²) in [5.74, 6) is -2.00. The Bertz CT molecular complexity index is 496. The van der Waals surface area contributed by atoms with Gasteiger partial charge in [-0.15, -0.1) is 0 Å². The lowest BCUT2D eigenvalue weighted by molar-refractivity contribution is -0.148. The third kappa shape index (κ3) is 5.30. The van der Waals surface area contributed by atoms with E-state index in [-0.39, 0.29) is 6.61 Å². The molecule has 0 radical (unpaired) electrons. The Hall–Kier alpha value is -0.300. The molecule has 0 aromatic carbocycles. The largest absolute Gasteiger partial charge is 0.748 e. The summed E-state index contributed by atoms with van der Waals surface area (Å²) in [6.45, 7) is 1.38. The van der Waals surface area contributed by atoms with E-state index in [1.807, 2.05) is 0 Å². The van der Waals surface area contributed by atoms with Crippen LogP contribution in [0, 0.1) is 5.92 Å². The summed E-state index contributed by atoms with van der Waals surface area (Å²) < 4.78 is 78.8. The lowest BCUT2D eigenvalue weighted by atomic mass is 9.92. The zero-order valence-corrected chi connectivity index (χ0v) is 11.8. The summed E-state index contributed by atoms with van der Waals surface area (Å²) in [6, 6.07) is 0. The van der Waals surface area contributed by atoms with Crippen LogP contribution in [-0.2, 0) is 34.2 Å². The van der Waals surface area contributed by atoms with Crippen molar-refractivity contribution in [2.45, 2.75) is 25.2 Å². The van der Waals surface area contributed by atoms with Gasteiger partial charge in [0.1, 0.15) is 6.10 Å². The van der Waals surface area contributed by atoms with E-state index >= 15 is 0 Å². The number of ether oxygens (including phenoxy) is 2. The predicted molar refractivity (Wildman–Crippen MR) is 58.8 cm³/mol. The van der Waals surface area contributed by atoms with Crippen LogP contribution in [0.15, 0.2) is 0 Å². The second kappa shape index (κ2) is 5.99. The van der Waals surface area contributed by atoms with Crippen LogP contribution < -0.4 is 0 Å². The molecule has 11 heteroatoms. The summed E-state index contributed by atoms with van der Waals surface area (Å²) in [5, 5.41) is 0. The third-order valence-electron chi connectivity index (χ3n) is 2.81. The molecule has 1 fully saturated rings. The maximum atomic E-state index is 10.8. The van der Waals surface area contributed by atoms with Crippen molar-refractivity contribution in [3.63, 3.8) is 0 Å². The first-order chi connectivity index (χ1) is 8.53. The molecule has 0 aliphatic carbocycles. The minimum atomic E-state index is -5.06. The Morgan fingerprint density at radius 1 is 1.26 bits per heavy atom. The van der Waals surface area contributed by atoms with E-state index in [4.69, 9.17) is 9.47 Å². The predicted octanol–water partition coefficient (Wildman–Crippen LogP) is -1.57. The first-order valence-electron chi connectivity index (χ1n) is 5.25. The number of methoxy groups -OCH3 is 1. The van der Waals surface area contributed by atoms with E-state index in [2.05, 4.69) is 4.18 Å². The summed E-state index contributed by atoms with van der Waals surface area (Å²) in [4.78, 5) is 0. The Balaban J connectivity index is 3.03. The van der Waals surface area contributed by atoms with Crippen molar-refractivity contribution < 1.29 is 39.6 Å². The van der Waals surface area contributed by atoms with Crippen LogP contribution in [0.2, 0.25) is 0 Å². The van der Waals surface area contributed by atoms with Crippen molar-refractivity contribution in [3.05, 3.63) is 0 Å². The normalized spacial score (nSPS) is 33.3. The molecule has 0 saturated carbocycles. The van der Waals surface area contributed by atoms with E-state index in [1.165, 1.54) is 14.0 Å². The monoisotopic (exact) mass is 318 g/mol. The molecule has 9 nitrogen and oxygen atoms in total. The maximum absolute atomic E-state index is 10.8. The van der Waals surface area contributed by atoms with E-state index in [1.54, 1.807) is 0 Å². The highest BCUT2D eigenvalue weighted by Gasteiger charge is 2.41. The Kier molecular flexibility index (Phi) is 5.28. The molecule has 0 N–H and O–H groups in total. The van der Waals surface area contributed by atoms with Gasteiger partial charge in [-0.1, -0.05) is 0 Å². The standard InChI is InChI=1S/C8H16O9S2/c1-5-8(17-19(12,13)14)6(4-18(9,10)11)7(15-2)3-16-5/h5-8H,3-4H2,1-2H3,(H,9,10,11)(H,12,13,14)/p-2/t5-,6+,7+,8?/m0/s1. The molecule has 0 aromatic heterocycles. The second-order valence-electron chi connectivity index (χ2n) is 4.17. The molecular weight excluding hydrogens is 304 g/mol. The van der Waals surface area contributed by atoms with Crippen molar-refractivity contribution in [1.82, 2.24) is 0 Å². The van der Waals surface area contributed by atoms with Gasteiger partial charge in [0.15, 0.2) is 0 Å². The molecule has 19 heavy (non-hydrogen) atoms. The van der Waals surface area contributed by atoms with Gasteiger partial charge in [0.2, 0.25) is 10.4 Å². The van der Waals surface area contributed by atoms with Crippen LogP contribution in [0.25, 0.3) is 0 Å². The molecule has 0 bridgehead atoms. The van der Waals surface area contributed by atoms with Gasteiger partial charge >= 0.3 is 0 Å². The average Bonchev–Trinajstić information content (AvgIpc) is 2.20. The zero-order valence-electron chi connectivity index (χ0n) is 10.2. The molecule has 114 valence electrons. The molecular formula is C8H14O9S2-2. The molecule has 0 amide bonds. The smallest absolute Gasteiger partial charge is 0.218 e. The van der Waals surface area contributed by atoms with Gasteiger partial charge < -0.3 is 18.6 Å². The highest BCUT2D eigenvalue weighted by atomic mass is 32.3. The summed E-state index contributed by atoms with van der Waals surface area (Å²) in [7, 11) is -8.45. The van der Waals surface area contributed by atoms with Crippen LogP contribution in [0.1, 0.15) is 6.92 Å². The zero-order chi connectivity index (χ0) is 14.8. The highest BCUT2D eigenvalue weighted by Crippen LogP contribution is 2.28. The number of hydrogen-bond acceptors (Lipinski definition) is 9. The van der Waals surface area contributed by atoms with Crippen molar-refractivity contribution in [3.8, 4) is 0 Å². The second-order valence-corrected chi connectivity index (χ2v) is 6.63. The van der Waals surface area contributed by atoms with Crippen LogP contribution >= 0.6 is 0 Å². The SMILES string of the molecule is CO[C@@H]1CO[C@@H](C)C(OS(=O)(=O)[O-])[C@@H]1CS(=O)(=O)[O-]. The molecule has 4 atom stereocenters. The lowest BCUT2D eigenvalue weighted by Gasteiger charge is -2.41. The van der Waals surface area contributed by atoms with Crippen LogP contribution in [0.4, 0.5) is 0 Å². The van der Waals surface area contributed by atoms with Gasteiger partial charge in [0.25, 0.3) is 0 Å². The van der Waals surface area contributed by atoms with Crippen molar-refractivity contribution in [1.29, 1.82) is 0 Å². The summed E-state index contributed by atoms with van der Waals surface area (Å²) in [6.07, 6.45) is -3.10. The van der Waals surface area contributed by atoms with Gasteiger partial charge in [-0.3, -0.25) is 4.18 Å². The minimum absolute atomic E-state index is 0.0311. The van der Waals surface area contributed by atoms with Gasteiger partial charge in [0.05, 0.1) is 28.9 Å². The summed E-state index contributed by atoms with van der Waals surface area (Å²) in [5.41, 5.74) is 0. The van der Waals surface area contributed by atoms with Crippen LogP contribution in [0.5, 0.6) is 0 Å². The van der Waals surface area contributed by atoms with Gasteiger partial charge in [-0.2, -0.15) is 0 Å². The van der Waals surface area contributed by atoms with E-state index in [9.17, 15) is 25.9 Å². The van der Waals surface area contributed by atoms with Crippen molar-refractivity contribution >= 4 is 20.5 Å².